The number of carbonyl (C=O) groups excluding carboxylic acids is 2. The van der Waals surface area contributed by atoms with Crippen LogP contribution >= 0.6 is 0 Å². The van der Waals surface area contributed by atoms with Gasteiger partial charge in [0.2, 0.25) is 0 Å². The monoisotopic (exact) mass is 615 g/mol. The number of allylic oxidation sites excluding steroid dienone is 1. The molecular formula is C33H33F4NO6. The quantitative estimate of drug-likeness (QED) is 0.133. The van der Waals surface area contributed by atoms with Crippen LogP contribution in [0.4, 0.5) is 17.6 Å². The van der Waals surface area contributed by atoms with Crippen molar-refractivity contribution in [3.05, 3.63) is 101 Å². The predicted molar refractivity (Wildman–Crippen MR) is 155 cm³/mol. The molecule has 1 amide bonds. The zero-order valence-corrected chi connectivity index (χ0v) is 24.0. The standard InChI is InChI=1S/C33H33F4NO6/c1-21(39)42-17-18-43-25-15-13-24(14-16-25)30(40)29(20-22-7-5-10-26(19-22)44-33(36,37)32(34)35)38-31(41)28-12-6-9-23-8-3-2-4-11-27(23)28/h4-7,9-16,19,29-30,32,40H,2-3,8,17-18,20H2,1H3,(H,38,41). The second kappa shape index (κ2) is 14.9. The van der Waals surface area contributed by atoms with Crippen molar-refractivity contribution in [3.63, 3.8) is 0 Å². The van der Waals surface area contributed by atoms with E-state index in [9.17, 15) is 32.3 Å². The lowest BCUT2D eigenvalue weighted by molar-refractivity contribution is -0.253. The van der Waals surface area contributed by atoms with Gasteiger partial charge < -0.3 is 24.6 Å². The Kier molecular flexibility index (Phi) is 11.0. The second-order valence-corrected chi connectivity index (χ2v) is 10.3. The van der Waals surface area contributed by atoms with Gasteiger partial charge in [-0.3, -0.25) is 9.59 Å². The maximum atomic E-state index is 13.6. The van der Waals surface area contributed by atoms with Crippen LogP contribution in [0, 0.1) is 0 Å². The lowest BCUT2D eigenvalue weighted by atomic mass is 9.94. The molecule has 0 aromatic heterocycles. The molecule has 0 fully saturated rings. The molecule has 3 aromatic rings. The summed E-state index contributed by atoms with van der Waals surface area (Å²) >= 11 is 0. The van der Waals surface area contributed by atoms with Crippen LogP contribution in [0.15, 0.2) is 72.8 Å². The SMILES string of the molecule is CC(=O)OCCOc1ccc(C(O)C(Cc2cccc(OC(F)(F)C(F)F)c2)NC(=O)c2cccc3c2C=CCCC3)cc1. The Balaban J connectivity index is 1.58. The van der Waals surface area contributed by atoms with Crippen molar-refractivity contribution in [2.24, 2.45) is 0 Å². The van der Waals surface area contributed by atoms with Gasteiger partial charge in [-0.2, -0.15) is 17.6 Å². The number of esters is 1. The van der Waals surface area contributed by atoms with Crippen molar-refractivity contribution in [2.75, 3.05) is 13.2 Å². The van der Waals surface area contributed by atoms with E-state index in [2.05, 4.69) is 10.1 Å². The van der Waals surface area contributed by atoms with E-state index in [0.717, 1.165) is 36.5 Å². The minimum Gasteiger partial charge on any atom is -0.490 e. The van der Waals surface area contributed by atoms with E-state index in [0.29, 0.717) is 22.4 Å². The summed E-state index contributed by atoms with van der Waals surface area (Å²) in [6.07, 6.45) is -3.48. The van der Waals surface area contributed by atoms with Gasteiger partial charge in [0.05, 0.1) is 12.1 Å². The Bertz CT molecular complexity index is 1460. The predicted octanol–water partition coefficient (Wildman–Crippen LogP) is 6.29. The van der Waals surface area contributed by atoms with Gasteiger partial charge in [0.25, 0.3) is 5.91 Å². The number of alkyl halides is 4. The molecule has 234 valence electrons. The van der Waals surface area contributed by atoms with Gasteiger partial charge in [-0.1, -0.05) is 48.6 Å². The number of fused-ring (bicyclic) bond motifs is 1. The molecule has 2 atom stereocenters. The summed E-state index contributed by atoms with van der Waals surface area (Å²) in [4.78, 5) is 24.5. The minimum atomic E-state index is -4.69. The number of hydrogen-bond acceptors (Lipinski definition) is 6. The highest BCUT2D eigenvalue weighted by atomic mass is 19.3. The van der Waals surface area contributed by atoms with Crippen LogP contribution in [-0.2, 0) is 22.4 Å². The van der Waals surface area contributed by atoms with E-state index in [1.54, 1.807) is 42.5 Å². The van der Waals surface area contributed by atoms with Crippen LogP contribution in [0.2, 0.25) is 0 Å². The number of rotatable bonds is 13. The third kappa shape index (κ3) is 8.82. The molecule has 7 nitrogen and oxygen atoms in total. The molecule has 0 aliphatic heterocycles. The maximum absolute atomic E-state index is 13.6. The first-order valence-electron chi connectivity index (χ1n) is 14.1. The molecule has 0 bridgehead atoms. The molecule has 2 N–H and O–H groups in total. The van der Waals surface area contributed by atoms with Crippen LogP contribution in [0.3, 0.4) is 0 Å². The molecule has 2 unspecified atom stereocenters. The summed E-state index contributed by atoms with van der Waals surface area (Å²) in [6, 6.07) is 16.1. The fourth-order valence-electron chi connectivity index (χ4n) is 4.86. The van der Waals surface area contributed by atoms with Gasteiger partial charge in [0.1, 0.15) is 24.7 Å². The molecule has 0 spiro atoms. The number of aryl methyl sites for hydroxylation is 1. The van der Waals surface area contributed by atoms with Crippen molar-refractivity contribution in [1.82, 2.24) is 5.32 Å². The molecule has 0 saturated carbocycles. The van der Waals surface area contributed by atoms with E-state index < -0.39 is 42.3 Å². The maximum Gasteiger partial charge on any atom is 0.461 e. The number of halogens is 4. The Morgan fingerprint density at radius 2 is 1.75 bits per heavy atom. The van der Waals surface area contributed by atoms with E-state index in [1.165, 1.54) is 19.1 Å². The van der Waals surface area contributed by atoms with Crippen molar-refractivity contribution in [2.45, 2.75) is 57.3 Å². The van der Waals surface area contributed by atoms with Crippen LogP contribution in [0.25, 0.3) is 6.08 Å². The number of carbonyl (C=O) groups is 2. The third-order valence-electron chi connectivity index (χ3n) is 6.98. The van der Waals surface area contributed by atoms with Gasteiger partial charge in [-0.15, -0.1) is 0 Å². The Labute approximate surface area is 252 Å². The molecule has 0 saturated heterocycles. The van der Waals surface area contributed by atoms with Crippen LogP contribution in [0.1, 0.15) is 58.5 Å². The molecule has 3 aromatic carbocycles. The summed E-state index contributed by atoms with van der Waals surface area (Å²) in [5, 5.41) is 14.3. The summed E-state index contributed by atoms with van der Waals surface area (Å²) in [5.41, 5.74) is 3.01. The minimum absolute atomic E-state index is 0.0458. The number of aliphatic hydroxyl groups excluding tert-OH is 1. The molecule has 4 rings (SSSR count). The summed E-state index contributed by atoms with van der Waals surface area (Å²) in [5.74, 6) is -0.902. The van der Waals surface area contributed by atoms with Gasteiger partial charge in [0, 0.05) is 12.5 Å². The first-order chi connectivity index (χ1) is 21.0. The average Bonchev–Trinajstić information content (AvgIpc) is 3.24. The van der Waals surface area contributed by atoms with Gasteiger partial charge in [-0.25, -0.2) is 0 Å². The van der Waals surface area contributed by atoms with Crippen LogP contribution < -0.4 is 14.8 Å². The number of ether oxygens (including phenoxy) is 3. The van der Waals surface area contributed by atoms with Crippen molar-refractivity contribution in [3.8, 4) is 11.5 Å². The Morgan fingerprint density at radius 3 is 2.48 bits per heavy atom. The third-order valence-corrected chi connectivity index (χ3v) is 6.98. The molecule has 11 heteroatoms. The summed E-state index contributed by atoms with van der Waals surface area (Å²) in [6.45, 7) is 1.48. The lowest BCUT2D eigenvalue weighted by Gasteiger charge is -2.26. The fraction of sp³-hybridized carbons (Fsp3) is 0.333. The first-order valence-corrected chi connectivity index (χ1v) is 14.1. The molecule has 1 aliphatic carbocycles. The fourth-order valence-corrected chi connectivity index (χ4v) is 4.86. The van der Waals surface area contributed by atoms with E-state index in [1.807, 2.05) is 18.2 Å². The van der Waals surface area contributed by atoms with Crippen LogP contribution in [0.5, 0.6) is 11.5 Å². The number of nitrogens with one attached hydrogen (secondary N) is 1. The van der Waals surface area contributed by atoms with Gasteiger partial charge >= 0.3 is 18.5 Å². The van der Waals surface area contributed by atoms with Crippen molar-refractivity contribution >= 4 is 18.0 Å². The largest absolute Gasteiger partial charge is 0.490 e. The van der Waals surface area contributed by atoms with E-state index in [4.69, 9.17) is 9.47 Å². The normalized spacial score (nSPS) is 14.2. The first kappa shape index (κ1) is 32.5. The molecular weight excluding hydrogens is 582 g/mol. The highest BCUT2D eigenvalue weighted by molar-refractivity contribution is 5.98. The van der Waals surface area contributed by atoms with E-state index >= 15 is 0 Å². The zero-order chi connectivity index (χ0) is 31.7. The van der Waals surface area contributed by atoms with Gasteiger partial charge in [0.15, 0.2) is 0 Å². The van der Waals surface area contributed by atoms with Crippen molar-refractivity contribution in [1.29, 1.82) is 0 Å². The highest BCUT2D eigenvalue weighted by Crippen LogP contribution is 2.30. The lowest BCUT2D eigenvalue weighted by Crippen LogP contribution is -2.41. The number of aliphatic hydroxyl groups is 1. The summed E-state index contributed by atoms with van der Waals surface area (Å²) in [7, 11) is 0. The Morgan fingerprint density at radius 1 is 1.00 bits per heavy atom. The van der Waals surface area contributed by atoms with Crippen molar-refractivity contribution < 1.29 is 46.5 Å². The molecule has 44 heavy (non-hydrogen) atoms. The second-order valence-electron chi connectivity index (χ2n) is 10.3. The Hall–Kier alpha value is -4.38. The van der Waals surface area contributed by atoms with E-state index in [-0.39, 0.29) is 19.6 Å². The van der Waals surface area contributed by atoms with Gasteiger partial charge in [-0.05, 0) is 78.3 Å². The smallest absolute Gasteiger partial charge is 0.461 e. The summed E-state index contributed by atoms with van der Waals surface area (Å²) < 4.78 is 67.2. The number of hydrogen-bond donors (Lipinski definition) is 2. The highest BCUT2D eigenvalue weighted by Gasteiger charge is 2.44. The topological polar surface area (TPSA) is 94.1 Å². The molecule has 0 radical (unpaired) electrons. The number of amides is 1. The number of benzene rings is 3. The average molecular weight is 616 g/mol. The molecule has 1 aliphatic rings. The van der Waals surface area contributed by atoms with Crippen LogP contribution in [-0.4, -0.2) is 48.8 Å². The molecule has 0 heterocycles. The zero-order valence-electron chi connectivity index (χ0n) is 24.0.